The zero-order valence-corrected chi connectivity index (χ0v) is 22.0. The number of hydrogen-bond acceptors (Lipinski definition) is 5. The Bertz CT molecular complexity index is 1420. The van der Waals surface area contributed by atoms with Gasteiger partial charge in [0.05, 0.1) is 17.7 Å². The van der Waals surface area contributed by atoms with Gasteiger partial charge in [0.25, 0.3) is 0 Å². The molecule has 2 aromatic carbocycles. The van der Waals surface area contributed by atoms with Crippen LogP contribution in [-0.2, 0) is 27.0 Å². The molecule has 204 valence electrons. The minimum Gasteiger partial charge on any atom is -0.493 e. The number of ether oxygens (including phenoxy) is 1. The molecule has 5 rings (SSSR count). The van der Waals surface area contributed by atoms with E-state index in [0.717, 1.165) is 12.1 Å². The van der Waals surface area contributed by atoms with E-state index >= 15 is 0 Å². The summed E-state index contributed by atoms with van der Waals surface area (Å²) in [5.74, 6) is -3.61. The zero-order valence-electron chi connectivity index (χ0n) is 22.0. The number of Topliss-reactive ketones (excluding diaryl/α,β-unsaturated/α-hetero) is 4. The molecule has 0 saturated heterocycles. The Morgan fingerprint density at radius 1 is 1.03 bits per heavy atom. The molecule has 1 saturated carbocycles. The van der Waals surface area contributed by atoms with Gasteiger partial charge in [0.1, 0.15) is 17.5 Å². The number of benzene rings is 2. The molecule has 39 heavy (non-hydrogen) atoms. The second-order valence-electron chi connectivity index (χ2n) is 10.8. The lowest BCUT2D eigenvalue weighted by molar-refractivity contribution is -0.145. The topological polar surface area (TPSA) is 77.5 Å². The van der Waals surface area contributed by atoms with Crippen molar-refractivity contribution >= 4 is 23.1 Å². The van der Waals surface area contributed by atoms with Gasteiger partial charge in [-0.1, -0.05) is 30.7 Å². The Morgan fingerprint density at radius 3 is 2.33 bits per heavy atom. The standard InChI is InChI=1S/C31H29F3O5/c1-4-11-39-24-10-9-21(17-5-7-20(8-6-17)31(32,33)34)22-13-18-12-19-14-23(36)27(16(3)35)29(37)26(19)15(2)25(18)30(38)28(22)24/h5-10,18-19,26-27H,4,11-14H2,1-3H3. The second kappa shape index (κ2) is 9.88. The fourth-order valence-corrected chi connectivity index (χ4v) is 6.71. The fourth-order valence-electron chi connectivity index (χ4n) is 6.71. The Hall–Kier alpha value is -3.55. The molecule has 0 aliphatic heterocycles. The third-order valence-electron chi connectivity index (χ3n) is 8.32. The van der Waals surface area contributed by atoms with Crippen LogP contribution in [0.5, 0.6) is 5.75 Å². The van der Waals surface area contributed by atoms with Crippen LogP contribution in [0, 0.1) is 23.7 Å². The average Bonchev–Trinajstić information content (AvgIpc) is 2.86. The Kier molecular flexibility index (Phi) is 6.85. The van der Waals surface area contributed by atoms with Gasteiger partial charge in [-0.15, -0.1) is 0 Å². The van der Waals surface area contributed by atoms with Crippen molar-refractivity contribution < 1.29 is 37.1 Å². The van der Waals surface area contributed by atoms with E-state index in [9.17, 15) is 32.3 Å². The minimum absolute atomic E-state index is 0.105. The molecule has 1 fully saturated rings. The van der Waals surface area contributed by atoms with E-state index in [2.05, 4.69) is 0 Å². The summed E-state index contributed by atoms with van der Waals surface area (Å²) in [6.07, 6.45) is -2.77. The van der Waals surface area contributed by atoms with E-state index in [-0.39, 0.29) is 29.8 Å². The number of halogens is 3. The molecule has 0 spiro atoms. The molecule has 5 nitrogen and oxygen atoms in total. The van der Waals surface area contributed by atoms with Crippen LogP contribution in [0.3, 0.4) is 0 Å². The van der Waals surface area contributed by atoms with Gasteiger partial charge in [0.15, 0.2) is 17.3 Å². The van der Waals surface area contributed by atoms with Crippen molar-refractivity contribution in [1.29, 1.82) is 0 Å². The summed E-state index contributed by atoms with van der Waals surface area (Å²) in [4.78, 5) is 52.2. The van der Waals surface area contributed by atoms with Gasteiger partial charge >= 0.3 is 6.18 Å². The number of fused-ring (bicyclic) bond motifs is 3. The lowest BCUT2D eigenvalue weighted by Gasteiger charge is -2.43. The third kappa shape index (κ3) is 4.53. The van der Waals surface area contributed by atoms with Gasteiger partial charge < -0.3 is 4.74 Å². The van der Waals surface area contributed by atoms with Crippen molar-refractivity contribution in [3.05, 3.63) is 64.2 Å². The molecule has 0 bridgehead atoms. The first-order valence-electron chi connectivity index (χ1n) is 13.2. The highest BCUT2D eigenvalue weighted by atomic mass is 19.4. The summed E-state index contributed by atoms with van der Waals surface area (Å²) in [5, 5.41) is 0. The Labute approximate surface area is 224 Å². The zero-order chi connectivity index (χ0) is 28.2. The maximum atomic E-state index is 14.1. The first-order valence-corrected chi connectivity index (χ1v) is 13.2. The lowest BCUT2D eigenvalue weighted by atomic mass is 9.58. The number of carbonyl (C=O) groups is 4. The van der Waals surface area contributed by atoms with E-state index < -0.39 is 35.1 Å². The van der Waals surface area contributed by atoms with Crippen LogP contribution in [0.25, 0.3) is 11.1 Å². The van der Waals surface area contributed by atoms with Gasteiger partial charge in [0, 0.05) is 17.9 Å². The summed E-state index contributed by atoms with van der Waals surface area (Å²) in [7, 11) is 0. The first-order chi connectivity index (χ1) is 18.4. The van der Waals surface area contributed by atoms with Gasteiger partial charge in [0.2, 0.25) is 0 Å². The molecule has 0 heterocycles. The summed E-state index contributed by atoms with van der Waals surface area (Å²) < 4.78 is 45.4. The summed E-state index contributed by atoms with van der Waals surface area (Å²) >= 11 is 0. The van der Waals surface area contributed by atoms with Gasteiger partial charge in [-0.3, -0.25) is 19.2 Å². The van der Waals surface area contributed by atoms with Crippen molar-refractivity contribution in [2.24, 2.45) is 23.7 Å². The van der Waals surface area contributed by atoms with Crippen LogP contribution in [-0.4, -0.2) is 29.7 Å². The molecule has 4 atom stereocenters. The molecule has 8 heteroatoms. The van der Waals surface area contributed by atoms with Crippen LogP contribution in [0.4, 0.5) is 13.2 Å². The number of ketones is 4. The molecule has 0 amide bonds. The molecule has 4 unspecified atom stereocenters. The lowest BCUT2D eigenvalue weighted by Crippen LogP contribution is -2.48. The highest BCUT2D eigenvalue weighted by Gasteiger charge is 2.51. The maximum absolute atomic E-state index is 14.1. The normalized spacial score (nSPS) is 24.7. The predicted molar refractivity (Wildman–Crippen MR) is 137 cm³/mol. The molecule has 2 aromatic rings. The van der Waals surface area contributed by atoms with Crippen molar-refractivity contribution in [1.82, 2.24) is 0 Å². The van der Waals surface area contributed by atoms with Crippen molar-refractivity contribution in [3.63, 3.8) is 0 Å². The van der Waals surface area contributed by atoms with E-state index in [1.807, 2.05) is 6.92 Å². The molecule has 0 radical (unpaired) electrons. The van der Waals surface area contributed by atoms with Gasteiger partial charge in [-0.25, -0.2) is 0 Å². The number of rotatable bonds is 5. The van der Waals surface area contributed by atoms with Crippen LogP contribution >= 0.6 is 0 Å². The fraction of sp³-hybridized carbons (Fsp3) is 0.419. The van der Waals surface area contributed by atoms with Crippen LogP contribution in [0.2, 0.25) is 0 Å². The highest BCUT2D eigenvalue weighted by molar-refractivity contribution is 6.22. The van der Waals surface area contributed by atoms with Crippen molar-refractivity contribution in [2.45, 2.75) is 52.6 Å². The van der Waals surface area contributed by atoms with E-state index in [0.29, 0.717) is 65.0 Å². The number of carbonyl (C=O) groups excluding carboxylic acids is 4. The highest BCUT2D eigenvalue weighted by Crippen LogP contribution is 2.51. The molecule has 0 aromatic heterocycles. The van der Waals surface area contributed by atoms with Crippen LogP contribution in [0.1, 0.15) is 61.5 Å². The summed E-state index contributed by atoms with van der Waals surface area (Å²) in [6.45, 7) is 5.32. The third-order valence-corrected chi connectivity index (χ3v) is 8.32. The predicted octanol–water partition coefficient (Wildman–Crippen LogP) is 6.22. The van der Waals surface area contributed by atoms with E-state index in [4.69, 9.17) is 4.74 Å². The summed E-state index contributed by atoms with van der Waals surface area (Å²) in [5.41, 5.74) is 2.66. The minimum atomic E-state index is -4.46. The summed E-state index contributed by atoms with van der Waals surface area (Å²) in [6, 6.07) is 8.32. The average molecular weight is 539 g/mol. The Morgan fingerprint density at radius 2 is 1.72 bits per heavy atom. The van der Waals surface area contributed by atoms with Gasteiger partial charge in [-0.05, 0) is 79.8 Å². The molecule has 3 aliphatic carbocycles. The molecule has 3 aliphatic rings. The van der Waals surface area contributed by atoms with E-state index in [1.165, 1.54) is 19.1 Å². The monoisotopic (exact) mass is 538 g/mol. The number of alkyl halides is 3. The largest absolute Gasteiger partial charge is 0.493 e. The smallest absolute Gasteiger partial charge is 0.416 e. The van der Waals surface area contributed by atoms with E-state index in [1.54, 1.807) is 19.1 Å². The van der Waals surface area contributed by atoms with Crippen LogP contribution < -0.4 is 4.74 Å². The molecular formula is C31H29F3O5. The van der Waals surface area contributed by atoms with Crippen molar-refractivity contribution in [2.75, 3.05) is 6.61 Å². The second-order valence-corrected chi connectivity index (χ2v) is 10.8. The quantitative estimate of drug-likeness (QED) is 0.423. The van der Waals surface area contributed by atoms with Crippen molar-refractivity contribution in [3.8, 4) is 16.9 Å². The molecular weight excluding hydrogens is 509 g/mol. The molecule has 0 N–H and O–H groups in total. The number of hydrogen-bond donors (Lipinski definition) is 0. The van der Waals surface area contributed by atoms with Gasteiger partial charge in [-0.2, -0.15) is 13.2 Å². The first kappa shape index (κ1) is 27.0. The Balaban J connectivity index is 1.63. The SMILES string of the molecule is CCCOc1ccc(-c2ccc(C(F)(F)F)cc2)c2c1C(=O)C1=C(C)C3C(=O)C(C(C)=O)C(=O)CC3CC1C2. The van der Waals surface area contributed by atoms with Crippen LogP contribution in [0.15, 0.2) is 47.5 Å². The maximum Gasteiger partial charge on any atom is 0.416 e. The number of allylic oxidation sites excluding steroid dienone is 2.